The first-order valence-electron chi connectivity index (χ1n) is 8.15. The van der Waals surface area contributed by atoms with Crippen LogP contribution >= 0.6 is 0 Å². The van der Waals surface area contributed by atoms with Crippen LogP contribution in [0.1, 0.15) is 24.2 Å². The van der Waals surface area contributed by atoms with E-state index >= 15 is 0 Å². The maximum absolute atomic E-state index is 10.9. The number of carbonyl (C=O) groups is 1. The fraction of sp³-hybridized carbons (Fsp3) is 0.647. The molecule has 2 aliphatic rings. The highest BCUT2D eigenvalue weighted by atomic mass is 16.5. The van der Waals surface area contributed by atoms with Crippen molar-refractivity contribution in [2.75, 3.05) is 19.6 Å². The second-order valence-electron chi connectivity index (χ2n) is 6.84. The molecular formula is C17H24N2O4. The number of hydrogen-bond donors (Lipinski definition) is 2. The number of aromatic nitrogens is 1. The molecule has 2 heterocycles. The Morgan fingerprint density at radius 1 is 1.30 bits per heavy atom. The molecule has 6 nitrogen and oxygen atoms in total. The zero-order valence-corrected chi connectivity index (χ0v) is 13.6. The van der Waals surface area contributed by atoms with Gasteiger partial charge in [0.25, 0.3) is 0 Å². The van der Waals surface area contributed by atoms with Crippen LogP contribution in [-0.2, 0) is 4.79 Å². The Kier molecular flexibility index (Phi) is 4.55. The number of rotatable bonds is 4. The van der Waals surface area contributed by atoms with Crippen molar-refractivity contribution >= 4 is 5.97 Å². The van der Waals surface area contributed by atoms with E-state index < -0.39 is 12.1 Å². The second kappa shape index (κ2) is 6.45. The van der Waals surface area contributed by atoms with E-state index in [4.69, 9.17) is 9.84 Å². The van der Waals surface area contributed by atoms with E-state index in [1.54, 1.807) is 0 Å². The van der Waals surface area contributed by atoms with Crippen LogP contribution in [0, 0.1) is 25.7 Å². The van der Waals surface area contributed by atoms with Gasteiger partial charge in [-0.15, -0.1) is 0 Å². The lowest BCUT2D eigenvalue weighted by molar-refractivity contribution is -0.138. The summed E-state index contributed by atoms with van der Waals surface area (Å²) in [6.07, 6.45) is 0.671. The summed E-state index contributed by atoms with van der Waals surface area (Å²) in [5, 5.41) is 19.3. The topological polar surface area (TPSA) is 82.9 Å². The number of aliphatic hydroxyl groups is 1. The van der Waals surface area contributed by atoms with Crippen molar-refractivity contribution in [1.29, 1.82) is 0 Å². The molecule has 2 fully saturated rings. The molecule has 23 heavy (non-hydrogen) atoms. The molecule has 1 aliphatic heterocycles. The minimum Gasteiger partial charge on any atom is -0.486 e. The highest BCUT2D eigenvalue weighted by Crippen LogP contribution is 2.38. The number of ether oxygens (including phenoxy) is 1. The van der Waals surface area contributed by atoms with Gasteiger partial charge in [-0.25, -0.2) is 0 Å². The van der Waals surface area contributed by atoms with Crippen LogP contribution in [0.25, 0.3) is 0 Å². The molecule has 3 rings (SSSR count). The van der Waals surface area contributed by atoms with Crippen LogP contribution in [0.3, 0.4) is 0 Å². The third kappa shape index (κ3) is 3.64. The molecule has 0 unspecified atom stereocenters. The molecule has 0 amide bonds. The fourth-order valence-electron chi connectivity index (χ4n) is 3.90. The Hall–Kier alpha value is -1.66. The summed E-state index contributed by atoms with van der Waals surface area (Å²) in [5.74, 6) is 0.680. The Bertz CT molecular complexity index is 592. The zero-order chi connectivity index (χ0) is 16.6. The van der Waals surface area contributed by atoms with Crippen LogP contribution in [0.5, 0.6) is 5.75 Å². The Morgan fingerprint density at radius 3 is 2.65 bits per heavy atom. The van der Waals surface area contributed by atoms with Gasteiger partial charge in [-0.2, -0.15) is 0 Å². The number of fused-ring (bicyclic) bond motifs is 1. The maximum atomic E-state index is 10.9. The van der Waals surface area contributed by atoms with Crippen molar-refractivity contribution < 1.29 is 19.7 Å². The van der Waals surface area contributed by atoms with Gasteiger partial charge in [-0.3, -0.25) is 14.7 Å². The molecule has 0 radical (unpaired) electrons. The standard InChI is InChI=1S/C17H24N2O4/c1-10-3-4-15(11(2)18-10)23-16-6-13-8-19(9-17(21)22)7-12(13)5-14(16)20/h3-4,12-14,16,20H,5-9H2,1-2H3,(H,21,22)/t12-,13+,14+,16+/m0/s1. The van der Waals surface area contributed by atoms with E-state index in [1.807, 2.05) is 30.9 Å². The van der Waals surface area contributed by atoms with Crippen LogP contribution in [-0.4, -0.2) is 57.9 Å². The van der Waals surface area contributed by atoms with Gasteiger partial charge >= 0.3 is 5.97 Å². The van der Waals surface area contributed by atoms with E-state index in [0.29, 0.717) is 18.3 Å². The van der Waals surface area contributed by atoms with E-state index in [2.05, 4.69) is 4.98 Å². The molecule has 1 aromatic rings. The summed E-state index contributed by atoms with van der Waals surface area (Å²) in [4.78, 5) is 17.2. The van der Waals surface area contributed by atoms with Crippen LogP contribution < -0.4 is 4.74 Å². The Balaban J connectivity index is 1.65. The van der Waals surface area contributed by atoms with Crippen molar-refractivity contribution in [2.45, 2.75) is 38.9 Å². The number of carboxylic acids is 1. The molecule has 6 heteroatoms. The molecule has 0 spiro atoms. The molecule has 1 saturated heterocycles. The maximum Gasteiger partial charge on any atom is 0.317 e. The number of aryl methyl sites for hydroxylation is 2. The molecule has 1 saturated carbocycles. The van der Waals surface area contributed by atoms with Gasteiger partial charge in [0.15, 0.2) is 0 Å². The quantitative estimate of drug-likeness (QED) is 0.868. The van der Waals surface area contributed by atoms with E-state index in [9.17, 15) is 9.90 Å². The third-order valence-corrected chi connectivity index (χ3v) is 4.97. The summed E-state index contributed by atoms with van der Waals surface area (Å²) >= 11 is 0. The van der Waals surface area contributed by atoms with Crippen molar-refractivity contribution in [3.8, 4) is 5.75 Å². The molecule has 126 valence electrons. The predicted molar refractivity (Wildman–Crippen MR) is 84.4 cm³/mol. The van der Waals surface area contributed by atoms with E-state index in [-0.39, 0.29) is 12.6 Å². The number of pyridine rings is 1. The average molecular weight is 320 g/mol. The number of likely N-dealkylation sites (tertiary alicyclic amines) is 1. The number of hydrogen-bond acceptors (Lipinski definition) is 5. The zero-order valence-electron chi connectivity index (χ0n) is 13.6. The highest BCUT2D eigenvalue weighted by molar-refractivity contribution is 5.69. The summed E-state index contributed by atoms with van der Waals surface area (Å²) in [7, 11) is 0. The molecule has 0 bridgehead atoms. The minimum atomic E-state index is -0.793. The van der Waals surface area contributed by atoms with Gasteiger partial charge in [0.05, 0.1) is 18.3 Å². The monoisotopic (exact) mass is 320 g/mol. The lowest BCUT2D eigenvalue weighted by Gasteiger charge is -2.35. The molecule has 2 N–H and O–H groups in total. The third-order valence-electron chi connectivity index (χ3n) is 4.97. The van der Waals surface area contributed by atoms with Crippen molar-refractivity contribution in [3.05, 3.63) is 23.5 Å². The average Bonchev–Trinajstić information content (AvgIpc) is 2.82. The number of carboxylic acid groups (broad SMARTS) is 1. The lowest BCUT2D eigenvalue weighted by atomic mass is 9.78. The highest BCUT2D eigenvalue weighted by Gasteiger charge is 2.43. The first kappa shape index (κ1) is 16.2. The smallest absolute Gasteiger partial charge is 0.317 e. The first-order chi connectivity index (χ1) is 10.9. The molecule has 0 aromatic carbocycles. The normalized spacial score (nSPS) is 30.9. The van der Waals surface area contributed by atoms with Crippen molar-refractivity contribution in [2.24, 2.45) is 11.8 Å². The van der Waals surface area contributed by atoms with Gasteiger partial charge in [-0.1, -0.05) is 0 Å². The van der Waals surface area contributed by atoms with E-state index in [0.717, 1.165) is 36.6 Å². The Morgan fingerprint density at radius 2 is 2.00 bits per heavy atom. The largest absolute Gasteiger partial charge is 0.486 e. The molecule has 1 aromatic heterocycles. The molecular weight excluding hydrogens is 296 g/mol. The van der Waals surface area contributed by atoms with E-state index in [1.165, 1.54) is 0 Å². The number of nitrogens with zero attached hydrogens (tertiary/aromatic N) is 2. The Labute approximate surface area is 136 Å². The number of aliphatic carboxylic acids is 1. The van der Waals surface area contributed by atoms with Crippen LogP contribution in [0.15, 0.2) is 12.1 Å². The SMILES string of the molecule is Cc1ccc(O[C@@H]2C[C@@H]3CN(CC(=O)O)C[C@@H]3C[C@H]2O)c(C)n1. The lowest BCUT2D eigenvalue weighted by Crippen LogP contribution is -2.42. The number of aliphatic hydroxyl groups excluding tert-OH is 1. The molecule has 4 atom stereocenters. The summed E-state index contributed by atoms with van der Waals surface area (Å²) in [5.41, 5.74) is 1.78. The van der Waals surface area contributed by atoms with Gasteiger partial charge in [0.2, 0.25) is 0 Å². The minimum absolute atomic E-state index is 0.0790. The summed E-state index contributed by atoms with van der Waals surface area (Å²) in [6.45, 7) is 5.45. The van der Waals surface area contributed by atoms with Crippen molar-refractivity contribution in [3.63, 3.8) is 0 Å². The predicted octanol–water partition coefficient (Wildman–Crippen LogP) is 1.23. The van der Waals surface area contributed by atoms with Crippen LogP contribution in [0.2, 0.25) is 0 Å². The van der Waals surface area contributed by atoms with Gasteiger partial charge in [0.1, 0.15) is 11.9 Å². The fourth-order valence-corrected chi connectivity index (χ4v) is 3.90. The van der Waals surface area contributed by atoms with Gasteiger partial charge < -0.3 is 14.9 Å². The van der Waals surface area contributed by atoms with Crippen molar-refractivity contribution in [1.82, 2.24) is 9.88 Å². The van der Waals surface area contributed by atoms with Gasteiger partial charge in [0, 0.05) is 18.8 Å². The second-order valence-corrected chi connectivity index (χ2v) is 6.84. The summed E-state index contributed by atoms with van der Waals surface area (Å²) in [6, 6.07) is 3.81. The van der Waals surface area contributed by atoms with Gasteiger partial charge in [-0.05, 0) is 50.7 Å². The first-order valence-corrected chi connectivity index (χ1v) is 8.15. The molecule has 1 aliphatic carbocycles. The summed E-state index contributed by atoms with van der Waals surface area (Å²) < 4.78 is 6.03. The van der Waals surface area contributed by atoms with Crippen LogP contribution in [0.4, 0.5) is 0 Å².